The summed E-state index contributed by atoms with van der Waals surface area (Å²) in [5, 5.41) is 4.56. The maximum Gasteiger partial charge on any atom is 0.257 e. The summed E-state index contributed by atoms with van der Waals surface area (Å²) in [5.74, 6) is 0.352. The molecule has 2 bridgehead atoms. The molecule has 0 aliphatic carbocycles. The van der Waals surface area contributed by atoms with Crippen LogP contribution in [0.5, 0.6) is 0 Å². The number of carbonyl (C=O) groups excluding carboxylic acids is 1. The largest absolute Gasteiger partial charge is 0.334 e. The van der Waals surface area contributed by atoms with Crippen LogP contribution in [0, 0.1) is 25.6 Å². The molecule has 2 atom stereocenters. The summed E-state index contributed by atoms with van der Waals surface area (Å²) in [7, 11) is 2.14. The van der Waals surface area contributed by atoms with E-state index < -0.39 is 0 Å². The second kappa shape index (κ2) is 6.50. The number of aryl methyl sites for hydroxylation is 1. The molecular formula is C20H25FN4O. The van der Waals surface area contributed by atoms with Crippen LogP contribution in [0.15, 0.2) is 24.3 Å². The van der Waals surface area contributed by atoms with E-state index in [1.165, 1.54) is 18.6 Å². The lowest BCUT2D eigenvalue weighted by molar-refractivity contribution is 0.0585. The van der Waals surface area contributed by atoms with Crippen molar-refractivity contribution in [2.75, 3.05) is 26.7 Å². The number of halogens is 1. The molecule has 2 aromatic rings. The molecule has 3 aliphatic rings. The van der Waals surface area contributed by atoms with Gasteiger partial charge in [-0.05, 0) is 63.9 Å². The van der Waals surface area contributed by atoms with Crippen molar-refractivity contribution in [2.24, 2.45) is 5.92 Å². The molecule has 1 aromatic heterocycles. The topological polar surface area (TPSA) is 41.4 Å². The van der Waals surface area contributed by atoms with Crippen LogP contribution in [-0.4, -0.2) is 58.2 Å². The first kappa shape index (κ1) is 17.2. The van der Waals surface area contributed by atoms with E-state index >= 15 is 0 Å². The van der Waals surface area contributed by atoms with Gasteiger partial charge in [-0.3, -0.25) is 4.79 Å². The van der Waals surface area contributed by atoms with Crippen molar-refractivity contribution in [3.8, 4) is 5.69 Å². The van der Waals surface area contributed by atoms with Crippen LogP contribution in [0.25, 0.3) is 5.69 Å². The summed E-state index contributed by atoms with van der Waals surface area (Å²) in [4.78, 5) is 17.8. The van der Waals surface area contributed by atoms with E-state index in [0.29, 0.717) is 11.5 Å². The number of carbonyl (C=O) groups is 1. The minimum absolute atomic E-state index is 0.0818. The standard InChI is InChI=1S/C20H25FN4O/c1-13-19(14(2)25(22-13)17-8-5-16(21)6-9-17)20(26)24-11-15-4-7-18(24)12-23(3)10-15/h5-6,8-9,15,18H,4,7,10-12H2,1-3H3/t15-,18+/m0/s1. The first-order chi connectivity index (χ1) is 12.4. The number of hydrogen-bond acceptors (Lipinski definition) is 3. The van der Waals surface area contributed by atoms with Crippen LogP contribution in [-0.2, 0) is 0 Å². The van der Waals surface area contributed by atoms with E-state index in [4.69, 9.17) is 0 Å². The highest BCUT2D eigenvalue weighted by Crippen LogP contribution is 2.30. The Morgan fingerprint density at radius 1 is 1.12 bits per heavy atom. The second-order valence-corrected chi connectivity index (χ2v) is 7.71. The molecule has 0 radical (unpaired) electrons. The first-order valence-corrected chi connectivity index (χ1v) is 9.25. The fourth-order valence-electron chi connectivity index (χ4n) is 4.49. The molecule has 26 heavy (non-hydrogen) atoms. The molecule has 5 rings (SSSR count). The highest BCUT2D eigenvalue weighted by molar-refractivity contribution is 5.97. The lowest BCUT2D eigenvalue weighted by Crippen LogP contribution is -2.47. The van der Waals surface area contributed by atoms with Gasteiger partial charge < -0.3 is 9.80 Å². The third kappa shape index (κ3) is 2.92. The van der Waals surface area contributed by atoms with E-state index in [1.807, 2.05) is 13.8 Å². The van der Waals surface area contributed by atoms with E-state index in [-0.39, 0.29) is 17.8 Å². The van der Waals surface area contributed by atoms with Crippen molar-refractivity contribution in [1.82, 2.24) is 19.6 Å². The van der Waals surface area contributed by atoms with Gasteiger partial charge in [-0.1, -0.05) is 0 Å². The summed E-state index contributed by atoms with van der Waals surface area (Å²) in [6.45, 7) is 6.62. The quantitative estimate of drug-likeness (QED) is 0.831. The predicted molar refractivity (Wildman–Crippen MR) is 98.0 cm³/mol. The maximum atomic E-state index is 13.4. The number of likely N-dealkylation sites (N-methyl/N-ethyl adjacent to an activating group) is 1. The number of fused-ring (bicyclic) bond motifs is 4. The molecule has 5 nitrogen and oxygen atoms in total. The van der Waals surface area contributed by atoms with Crippen LogP contribution in [0.3, 0.4) is 0 Å². The molecule has 4 heterocycles. The Morgan fingerprint density at radius 2 is 1.85 bits per heavy atom. The van der Waals surface area contributed by atoms with Gasteiger partial charge in [0.2, 0.25) is 0 Å². The van der Waals surface area contributed by atoms with Crippen LogP contribution in [0.4, 0.5) is 4.39 Å². The maximum absolute atomic E-state index is 13.4. The molecule has 6 heteroatoms. The molecule has 0 spiro atoms. The molecule has 3 aliphatic heterocycles. The molecule has 0 N–H and O–H groups in total. The van der Waals surface area contributed by atoms with Gasteiger partial charge in [0, 0.05) is 25.7 Å². The van der Waals surface area contributed by atoms with Crippen molar-refractivity contribution in [3.05, 3.63) is 47.0 Å². The fourth-order valence-corrected chi connectivity index (χ4v) is 4.49. The monoisotopic (exact) mass is 356 g/mol. The fraction of sp³-hybridized carbons (Fsp3) is 0.500. The summed E-state index contributed by atoms with van der Waals surface area (Å²) in [6.07, 6.45) is 2.27. The summed E-state index contributed by atoms with van der Waals surface area (Å²) in [5.41, 5.74) is 2.99. The van der Waals surface area contributed by atoms with Crippen LogP contribution in [0.1, 0.15) is 34.6 Å². The average Bonchev–Trinajstić information content (AvgIpc) is 2.75. The summed E-state index contributed by atoms with van der Waals surface area (Å²) in [6, 6.07) is 6.48. The van der Waals surface area contributed by atoms with E-state index in [1.54, 1.807) is 16.8 Å². The zero-order valence-electron chi connectivity index (χ0n) is 15.6. The Morgan fingerprint density at radius 3 is 2.58 bits per heavy atom. The third-order valence-corrected chi connectivity index (χ3v) is 5.73. The molecular weight excluding hydrogens is 331 g/mol. The van der Waals surface area contributed by atoms with Gasteiger partial charge in [0.1, 0.15) is 5.82 Å². The van der Waals surface area contributed by atoms with E-state index in [2.05, 4.69) is 21.9 Å². The highest BCUT2D eigenvalue weighted by atomic mass is 19.1. The first-order valence-electron chi connectivity index (χ1n) is 9.25. The minimum atomic E-state index is -0.281. The van der Waals surface area contributed by atoms with Gasteiger partial charge in [0.05, 0.1) is 22.6 Å². The zero-order chi connectivity index (χ0) is 18.4. The Balaban J connectivity index is 1.67. The normalized spacial score (nSPS) is 23.3. The Labute approximate surface area is 153 Å². The second-order valence-electron chi connectivity index (χ2n) is 7.71. The van der Waals surface area contributed by atoms with E-state index in [0.717, 1.165) is 43.1 Å². The molecule has 3 saturated heterocycles. The summed E-state index contributed by atoms with van der Waals surface area (Å²) < 4.78 is 15.0. The smallest absolute Gasteiger partial charge is 0.257 e. The molecule has 138 valence electrons. The number of amides is 1. The number of rotatable bonds is 2. The van der Waals surface area contributed by atoms with Gasteiger partial charge in [-0.15, -0.1) is 0 Å². The number of hydrogen-bond donors (Lipinski definition) is 0. The predicted octanol–water partition coefficient (Wildman–Crippen LogP) is 2.79. The SMILES string of the molecule is Cc1nn(-c2ccc(F)cc2)c(C)c1C(=O)N1C[C@H]2CC[C@@H]1CN(C)C2. The van der Waals surface area contributed by atoms with E-state index in [9.17, 15) is 9.18 Å². The molecule has 3 fully saturated rings. The average molecular weight is 356 g/mol. The number of nitrogens with zero attached hydrogens (tertiary/aromatic N) is 4. The van der Waals surface area contributed by atoms with Crippen molar-refractivity contribution in [3.63, 3.8) is 0 Å². The Bertz CT molecular complexity index is 829. The lowest BCUT2D eigenvalue weighted by atomic mass is 9.94. The van der Waals surface area contributed by atoms with Crippen LogP contribution < -0.4 is 0 Å². The van der Waals surface area contributed by atoms with Crippen molar-refractivity contribution < 1.29 is 9.18 Å². The van der Waals surface area contributed by atoms with Gasteiger partial charge in [-0.2, -0.15) is 5.10 Å². The van der Waals surface area contributed by atoms with Crippen molar-refractivity contribution >= 4 is 5.91 Å². The van der Waals surface area contributed by atoms with Gasteiger partial charge in [0.25, 0.3) is 5.91 Å². The Hall–Kier alpha value is -2.21. The number of benzene rings is 1. The minimum Gasteiger partial charge on any atom is -0.334 e. The summed E-state index contributed by atoms with van der Waals surface area (Å²) >= 11 is 0. The molecule has 1 aromatic carbocycles. The van der Waals surface area contributed by atoms with Gasteiger partial charge in [-0.25, -0.2) is 9.07 Å². The Kier molecular flexibility index (Phi) is 4.31. The van der Waals surface area contributed by atoms with Crippen molar-refractivity contribution in [1.29, 1.82) is 0 Å². The zero-order valence-corrected chi connectivity index (χ0v) is 15.6. The van der Waals surface area contributed by atoms with Crippen LogP contribution >= 0.6 is 0 Å². The number of aromatic nitrogens is 2. The molecule has 1 amide bonds. The third-order valence-electron chi connectivity index (χ3n) is 5.73. The van der Waals surface area contributed by atoms with Gasteiger partial charge >= 0.3 is 0 Å². The molecule has 0 unspecified atom stereocenters. The number of piperidine rings is 1. The highest BCUT2D eigenvalue weighted by Gasteiger charge is 2.37. The lowest BCUT2D eigenvalue weighted by Gasteiger charge is -2.36. The molecule has 0 saturated carbocycles. The van der Waals surface area contributed by atoms with Crippen molar-refractivity contribution in [2.45, 2.75) is 32.7 Å². The van der Waals surface area contributed by atoms with Gasteiger partial charge in [0.15, 0.2) is 0 Å². The van der Waals surface area contributed by atoms with Crippen LogP contribution in [0.2, 0.25) is 0 Å².